The van der Waals surface area contributed by atoms with E-state index in [0.717, 1.165) is 11.1 Å². The molecule has 1 aromatic rings. The maximum Gasteiger partial charge on any atom is 0.193 e. The zero-order valence-electron chi connectivity index (χ0n) is 8.13. The molecular formula is C12H10O2. The molecule has 0 N–H and O–H groups in total. The maximum atomic E-state index is 11.1. The van der Waals surface area contributed by atoms with E-state index in [4.69, 9.17) is 0 Å². The van der Waals surface area contributed by atoms with Crippen LogP contribution in [0.5, 0.6) is 0 Å². The van der Waals surface area contributed by atoms with Gasteiger partial charge in [0.1, 0.15) is 0 Å². The van der Waals surface area contributed by atoms with Crippen LogP contribution in [0, 0.1) is 18.8 Å². The van der Waals surface area contributed by atoms with Gasteiger partial charge in [0.2, 0.25) is 0 Å². The molecule has 2 nitrogen and oxygen atoms in total. The summed E-state index contributed by atoms with van der Waals surface area (Å²) in [6, 6.07) is 5.26. The van der Waals surface area contributed by atoms with Crippen LogP contribution in [0.3, 0.4) is 0 Å². The fraction of sp³-hybridized carbons (Fsp3) is 0.167. The first-order valence-corrected chi connectivity index (χ1v) is 4.22. The number of Topliss-reactive ketones (excluding diaryl/α,β-unsaturated/α-hetero) is 1. The van der Waals surface area contributed by atoms with E-state index in [1.807, 2.05) is 6.92 Å². The van der Waals surface area contributed by atoms with Crippen LogP contribution >= 0.6 is 0 Å². The Bertz CT molecular complexity index is 433. The quantitative estimate of drug-likeness (QED) is 0.380. The van der Waals surface area contributed by atoms with E-state index in [2.05, 4.69) is 11.8 Å². The van der Waals surface area contributed by atoms with Crippen molar-refractivity contribution < 1.29 is 9.59 Å². The summed E-state index contributed by atoms with van der Waals surface area (Å²) in [5.41, 5.74) is 2.33. The van der Waals surface area contributed by atoms with E-state index in [9.17, 15) is 9.59 Å². The molecule has 0 aliphatic heterocycles. The first-order chi connectivity index (χ1) is 6.65. The van der Waals surface area contributed by atoms with Gasteiger partial charge >= 0.3 is 0 Å². The van der Waals surface area contributed by atoms with E-state index in [-0.39, 0.29) is 5.78 Å². The van der Waals surface area contributed by atoms with Gasteiger partial charge in [0, 0.05) is 11.1 Å². The lowest BCUT2D eigenvalue weighted by Gasteiger charge is -2.01. The summed E-state index contributed by atoms with van der Waals surface area (Å²) in [6.07, 6.45) is 0.550. The molecule has 0 aliphatic carbocycles. The lowest BCUT2D eigenvalue weighted by Crippen LogP contribution is -1.95. The number of ketones is 1. The minimum absolute atomic E-state index is 0.0393. The van der Waals surface area contributed by atoms with Gasteiger partial charge in [-0.15, -0.1) is 0 Å². The molecule has 0 unspecified atom stereocenters. The zero-order chi connectivity index (χ0) is 10.6. The normalized spacial score (nSPS) is 8.71. The third-order valence-corrected chi connectivity index (χ3v) is 1.88. The Morgan fingerprint density at radius 1 is 1.43 bits per heavy atom. The van der Waals surface area contributed by atoms with Gasteiger partial charge in [0.15, 0.2) is 12.1 Å². The van der Waals surface area contributed by atoms with Gasteiger partial charge in [-0.1, -0.05) is 5.92 Å². The van der Waals surface area contributed by atoms with E-state index < -0.39 is 0 Å². The van der Waals surface area contributed by atoms with E-state index >= 15 is 0 Å². The molecule has 0 spiro atoms. The Morgan fingerprint density at radius 2 is 2.14 bits per heavy atom. The average molecular weight is 186 g/mol. The molecule has 0 aliphatic rings. The summed E-state index contributed by atoms with van der Waals surface area (Å²) in [7, 11) is 0. The summed E-state index contributed by atoms with van der Waals surface area (Å²) in [5.74, 6) is 5.04. The zero-order valence-corrected chi connectivity index (χ0v) is 8.13. The van der Waals surface area contributed by atoms with Crippen molar-refractivity contribution in [3.8, 4) is 11.8 Å². The molecule has 0 atom stereocenters. The molecule has 1 aromatic carbocycles. The smallest absolute Gasteiger partial charge is 0.193 e. The predicted octanol–water partition coefficient (Wildman–Crippen LogP) is 1.75. The van der Waals surface area contributed by atoms with Gasteiger partial charge in [0.25, 0.3) is 0 Å². The van der Waals surface area contributed by atoms with Crippen LogP contribution in [0.25, 0.3) is 0 Å². The molecule has 0 saturated carbocycles. The Labute approximate surface area is 82.9 Å². The second kappa shape index (κ2) is 4.38. The highest BCUT2D eigenvalue weighted by Crippen LogP contribution is 2.10. The van der Waals surface area contributed by atoms with Crippen LogP contribution in [0.15, 0.2) is 18.2 Å². The lowest BCUT2D eigenvalue weighted by molar-refractivity contribution is -0.103. The fourth-order valence-corrected chi connectivity index (χ4v) is 1.25. The Balaban J connectivity index is 3.12. The van der Waals surface area contributed by atoms with Gasteiger partial charge in [-0.25, -0.2) is 0 Å². The standard InChI is InChI=1S/C12H10O2/c1-9-8-11(4-3-7-13)5-6-12(9)10(2)14/h5-8H,1-2H3. The second-order valence-electron chi connectivity index (χ2n) is 2.97. The Kier molecular flexibility index (Phi) is 3.19. The van der Waals surface area contributed by atoms with Crippen molar-refractivity contribution in [2.75, 3.05) is 0 Å². The van der Waals surface area contributed by atoms with Crippen LogP contribution in [0.1, 0.15) is 28.4 Å². The second-order valence-corrected chi connectivity index (χ2v) is 2.97. The molecule has 0 bridgehead atoms. The monoisotopic (exact) mass is 186 g/mol. The van der Waals surface area contributed by atoms with Crippen molar-refractivity contribution in [1.29, 1.82) is 0 Å². The average Bonchev–Trinajstić information content (AvgIpc) is 2.14. The number of aryl methyl sites for hydroxylation is 1. The van der Waals surface area contributed by atoms with Crippen molar-refractivity contribution in [2.45, 2.75) is 13.8 Å². The first-order valence-electron chi connectivity index (χ1n) is 4.22. The summed E-state index contributed by atoms with van der Waals surface area (Å²) < 4.78 is 0. The van der Waals surface area contributed by atoms with Crippen molar-refractivity contribution in [1.82, 2.24) is 0 Å². The van der Waals surface area contributed by atoms with E-state index in [1.165, 1.54) is 6.92 Å². The van der Waals surface area contributed by atoms with Gasteiger partial charge in [-0.05, 0) is 43.5 Å². The summed E-state index contributed by atoms with van der Waals surface area (Å²) in [5, 5.41) is 0. The largest absolute Gasteiger partial charge is 0.295 e. The van der Waals surface area contributed by atoms with Gasteiger partial charge in [-0.2, -0.15) is 0 Å². The molecule has 0 aromatic heterocycles. The van der Waals surface area contributed by atoms with Crippen molar-refractivity contribution in [3.05, 3.63) is 34.9 Å². The molecule has 0 radical (unpaired) electrons. The first kappa shape index (κ1) is 10.2. The molecule has 2 heteroatoms. The van der Waals surface area contributed by atoms with Crippen LogP contribution in [-0.4, -0.2) is 12.1 Å². The molecule has 14 heavy (non-hydrogen) atoms. The van der Waals surface area contributed by atoms with Crippen LogP contribution in [0.2, 0.25) is 0 Å². The number of carbonyl (C=O) groups excluding carboxylic acids is 2. The highest BCUT2D eigenvalue weighted by molar-refractivity contribution is 5.95. The highest BCUT2D eigenvalue weighted by atomic mass is 16.1. The molecule has 0 fully saturated rings. The Morgan fingerprint density at radius 3 is 2.64 bits per heavy atom. The van der Waals surface area contributed by atoms with Crippen molar-refractivity contribution in [3.63, 3.8) is 0 Å². The number of hydrogen-bond donors (Lipinski definition) is 0. The van der Waals surface area contributed by atoms with Gasteiger partial charge in [-0.3, -0.25) is 9.59 Å². The number of aldehydes is 1. The van der Waals surface area contributed by atoms with Gasteiger partial charge < -0.3 is 0 Å². The van der Waals surface area contributed by atoms with Crippen LogP contribution < -0.4 is 0 Å². The minimum atomic E-state index is 0.0393. The molecule has 0 heterocycles. The SMILES string of the molecule is CC(=O)c1ccc(C#CC=O)cc1C. The summed E-state index contributed by atoms with van der Waals surface area (Å²) in [6.45, 7) is 3.38. The summed E-state index contributed by atoms with van der Waals surface area (Å²) in [4.78, 5) is 21.1. The number of hydrogen-bond acceptors (Lipinski definition) is 2. The van der Waals surface area contributed by atoms with Crippen molar-refractivity contribution >= 4 is 12.1 Å². The highest BCUT2D eigenvalue weighted by Gasteiger charge is 2.02. The van der Waals surface area contributed by atoms with Crippen LogP contribution in [-0.2, 0) is 4.79 Å². The third-order valence-electron chi connectivity index (χ3n) is 1.88. The molecule has 1 rings (SSSR count). The molecule has 0 saturated heterocycles. The van der Waals surface area contributed by atoms with Gasteiger partial charge in [0.05, 0.1) is 0 Å². The topological polar surface area (TPSA) is 34.1 Å². The van der Waals surface area contributed by atoms with Crippen LogP contribution in [0.4, 0.5) is 0 Å². The lowest BCUT2D eigenvalue weighted by atomic mass is 10.0. The molecule has 70 valence electrons. The number of benzene rings is 1. The number of carbonyl (C=O) groups is 2. The van der Waals surface area contributed by atoms with Crippen molar-refractivity contribution in [2.24, 2.45) is 0 Å². The molecular weight excluding hydrogens is 176 g/mol. The predicted molar refractivity (Wildman–Crippen MR) is 54.1 cm³/mol. The summed E-state index contributed by atoms with van der Waals surface area (Å²) >= 11 is 0. The third kappa shape index (κ3) is 2.30. The minimum Gasteiger partial charge on any atom is -0.295 e. The Hall–Kier alpha value is -1.88. The molecule has 0 amide bonds. The fourth-order valence-electron chi connectivity index (χ4n) is 1.25. The van der Waals surface area contributed by atoms with E-state index in [1.54, 1.807) is 18.2 Å². The van der Waals surface area contributed by atoms with E-state index in [0.29, 0.717) is 11.8 Å². The maximum absolute atomic E-state index is 11.1. The number of rotatable bonds is 1.